The molecule has 0 aliphatic carbocycles. The standard InChI is InChI=1S/C16H34N2O2/c1-13(2)8-17-9-15-6-5-7-18(10-15)11-16(19)12-20-14(3)4/h13-17,19H,5-12H2,1-4H3. The lowest BCUT2D eigenvalue weighted by atomic mass is 9.97. The Balaban J connectivity index is 2.19. The van der Waals surface area contributed by atoms with Gasteiger partial charge in [-0.3, -0.25) is 0 Å². The zero-order valence-electron chi connectivity index (χ0n) is 13.8. The number of nitrogens with one attached hydrogen (secondary N) is 1. The van der Waals surface area contributed by atoms with Crippen molar-refractivity contribution in [1.82, 2.24) is 10.2 Å². The Morgan fingerprint density at radius 1 is 1.30 bits per heavy atom. The molecule has 0 radical (unpaired) electrons. The molecule has 1 fully saturated rings. The zero-order valence-corrected chi connectivity index (χ0v) is 13.8. The molecular formula is C16H34N2O2. The van der Waals surface area contributed by atoms with E-state index in [1.54, 1.807) is 0 Å². The molecule has 1 saturated heterocycles. The summed E-state index contributed by atoms with van der Waals surface area (Å²) >= 11 is 0. The maximum atomic E-state index is 10.0. The fourth-order valence-corrected chi connectivity index (χ4v) is 2.71. The molecule has 1 aliphatic heterocycles. The third kappa shape index (κ3) is 8.20. The van der Waals surface area contributed by atoms with Gasteiger partial charge >= 0.3 is 0 Å². The van der Waals surface area contributed by atoms with Gasteiger partial charge in [0.1, 0.15) is 0 Å². The van der Waals surface area contributed by atoms with Crippen molar-refractivity contribution in [2.45, 2.75) is 52.7 Å². The van der Waals surface area contributed by atoms with E-state index in [0.29, 0.717) is 12.5 Å². The second-order valence-electron chi connectivity index (χ2n) is 6.86. The Morgan fingerprint density at radius 2 is 2.05 bits per heavy atom. The number of β-amino-alcohol motifs (C(OH)–C–C–N with tert-alkyl or cyclic N) is 1. The first-order valence-electron chi connectivity index (χ1n) is 8.20. The van der Waals surface area contributed by atoms with Gasteiger partial charge in [-0.05, 0) is 58.2 Å². The maximum Gasteiger partial charge on any atom is 0.0900 e. The third-order valence-electron chi connectivity index (χ3n) is 3.68. The monoisotopic (exact) mass is 286 g/mol. The second kappa shape index (κ2) is 9.72. The predicted octanol–water partition coefficient (Wildman–Crippen LogP) is 1.73. The quantitative estimate of drug-likeness (QED) is 0.677. The zero-order chi connectivity index (χ0) is 15.0. The molecule has 4 nitrogen and oxygen atoms in total. The molecule has 0 amide bonds. The molecule has 2 unspecified atom stereocenters. The molecule has 1 rings (SSSR count). The summed E-state index contributed by atoms with van der Waals surface area (Å²) in [5.74, 6) is 1.44. The van der Waals surface area contributed by atoms with Crippen molar-refractivity contribution >= 4 is 0 Å². The molecule has 20 heavy (non-hydrogen) atoms. The minimum Gasteiger partial charge on any atom is -0.389 e. The van der Waals surface area contributed by atoms with Gasteiger partial charge in [0, 0.05) is 13.1 Å². The second-order valence-corrected chi connectivity index (χ2v) is 6.86. The average molecular weight is 286 g/mol. The van der Waals surface area contributed by atoms with E-state index in [2.05, 4.69) is 24.1 Å². The van der Waals surface area contributed by atoms with Crippen LogP contribution in [0, 0.1) is 11.8 Å². The number of hydrogen-bond acceptors (Lipinski definition) is 4. The van der Waals surface area contributed by atoms with E-state index in [0.717, 1.165) is 38.6 Å². The number of hydrogen-bond donors (Lipinski definition) is 2. The van der Waals surface area contributed by atoms with Crippen LogP contribution in [0.1, 0.15) is 40.5 Å². The summed E-state index contributed by atoms with van der Waals surface area (Å²) in [6.45, 7) is 14.1. The number of aliphatic hydroxyl groups excluding tert-OH is 1. The Morgan fingerprint density at radius 3 is 2.70 bits per heavy atom. The van der Waals surface area contributed by atoms with Crippen LogP contribution in [0.15, 0.2) is 0 Å². The van der Waals surface area contributed by atoms with Crippen LogP contribution < -0.4 is 5.32 Å². The summed E-state index contributed by atoms with van der Waals surface area (Å²) in [7, 11) is 0. The van der Waals surface area contributed by atoms with E-state index in [1.807, 2.05) is 13.8 Å². The van der Waals surface area contributed by atoms with Crippen LogP contribution in [0.25, 0.3) is 0 Å². The topological polar surface area (TPSA) is 44.7 Å². The molecule has 1 aliphatic rings. The molecular weight excluding hydrogens is 252 g/mol. The fourth-order valence-electron chi connectivity index (χ4n) is 2.71. The Bertz CT molecular complexity index is 247. The van der Waals surface area contributed by atoms with Crippen molar-refractivity contribution in [3.05, 3.63) is 0 Å². The van der Waals surface area contributed by atoms with E-state index in [-0.39, 0.29) is 12.2 Å². The van der Waals surface area contributed by atoms with Gasteiger partial charge in [0.15, 0.2) is 0 Å². The SMILES string of the molecule is CC(C)CNCC1CCCN(CC(O)COC(C)C)C1. The van der Waals surface area contributed by atoms with Crippen molar-refractivity contribution in [2.24, 2.45) is 11.8 Å². The van der Waals surface area contributed by atoms with Gasteiger partial charge in [0.2, 0.25) is 0 Å². The van der Waals surface area contributed by atoms with E-state index in [4.69, 9.17) is 4.74 Å². The van der Waals surface area contributed by atoms with Crippen LogP contribution in [-0.4, -0.2) is 61.5 Å². The summed E-state index contributed by atoms with van der Waals surface area (Å²) in [5.41, 5.74) is 0. The van der Waals surface area contributed by atoms with Crippen molar-refractivity contribution < 1.29 is 9.84 Å². The highest BCUT2D eigenvalue weighted by atomic mass is 16.5. The van der Waals surface area contributed by atoms with Gasteiger partial charge in [-0.1, -0.05) is 13.8 Å². The molecule has 0 bridgehead atoms. The lowest BCUT2D eigenvalue weighted by Crippen LogP contribution is -2.44. The maximum absolute atomic E-state index is 10.0. The minimum atomic E-state index is -0.361. The van der Waals surface area contributed by atoms with Gasteiger partial charge < -0.3 is 20.1 Å². The largest absolute Gasteiger partial charge is 0.389 e. The minimum absolute atomic E-state index is 0.194. The van der Waals surface area contributed by atoms with Crippen LogP contribution >= 0.6 is 0 Å². The highest BCUT2D eigenvalue weighted by Crippen LogP contribution is 2.16. The molecule has 4 heteroatoms. The molecule has 0 aromatic carbocycles. The number of likely N-dealkylation sites (tertiary alicyclic amines) is 1. The van der Waals surface area contributed by atoms with E-state index in [9.17, 15) is 5.11 Å². The Hall–Kier alpha value is -0.160. The molecule has 0 aromatic rings. The normalized spacial score (nSPS) is 22.6. The molecule has 0 aromatic heterocycles. The van der Waals surface area contributed by atoms with Crippen molar-refractivity contribution in [2.75, 3.05) is 39.3 Å². The fraction of sp³-hybridized carbons (Fsp3) is 1.00. The van der Waals surface area contributed by atoms with Crippen LogP contribution in [-0.2, 0) is 4.74 Å². The van der Waals surface area contributed by atoms with Gasteiger partial charge in [0.05, 0.1) is 18.8 Å². The summed E-state index contributed by atoms with van der Waals surface area (Å²) < 4.78 is 5.47. The first-order valence-corrected chi connectivity index (χ1v) is 8.20. The van der Waals surface area contributed by atoms with Gasteiger partial charge in [-0.25, -0.2) is 0 Å². The van der Waals surface area contributed by atoms with Gasteiger partial charge in [0.25, 0.3) is 0 Å². The number of piperidine rings is 1. The molecule has 0 saturated carbocycles. The highest BCUT2D eigenvalue weighted by molar-refractivity contribution is 4.76. The number of nitrogens with zero attached hydrogens (tertiary/aromatic N) is 1. The van der Waals surface area contributed by atoms with Gasteiger partial charge in [-0.2, -0.15) is 0 Å². The van der Waals surface area contributed by atoms with Crippen LogP contribution in [0.2, 0.25) is 0 Å². The Kier molecular flexibility index (Phi) is 8.69. The molecule has 2 atom stereocenters. The predicted molar refractivity (Wildman–Crippen MR) is 84.0 cm³/mol. The number of ether oxygens (including phenoxy) is 1. The first-order chi connectivity index (χ1) is 9.47. The third-order valence-corrected chi connectivity index (χ3v) is 3.68. The molecule has 120 valence electrons. The van der Waals surface area contributed by atoms with Crippen LogP contribution in [0.5, 0.6) is 0 Å². The van der Waals surface area contributed by atoms with Gasteiger partial charge in [-0.15, -0.1) is 0 Å². The van der Waals surface area contributed by atoms with Crippen molar-refractivity contribution in [1.29, 1.82) is 0 Å². The van der Waals surface area contributed by atoms with E-state index < -0.39 is 0 Å². The van der Waals surface area contributed by atoms with Crippen molar-refractivity contribution in [3.63, 3.8) is 0 Å². The molecule has 2 N–H and O–H groups in total. The number of rotatable bonds is 9. The van der Waals surface area contributed by atoms with E-state index in [1.165, 1.54) is 12.8 Å². The van der Waals surface area contributed by atoms with Crippen LogP contribution in [0.4, 0.5) is 0 Å². The summed E-state index contributed by atoms with van der Waals surface area (Å²) in [5, 5.41) is 13.6. The van der Waals surface area contributed by atoms with Crippen molar-refractivity contribution in [3.8, 4) is 0 Å². The lowest BCUT2D eigenvalue weighted by molar-refractivity contribution is -0.0135. The Labute approximate surface area is 124 Å². The molecule has 0 spiro atoms. The lowest BCUT2D eigenvalue weighted by Gasteiger charge is -2.34. The molecule has 1 heterocycles. The van der Waals surface area contributed by atoms with E-state index >= 15 is 0 Å². The smallest absolute Gasteiger partial charge is 0.0900 e. The highest BCUT2D eigenvalue weighted by Gasteiger charge is 2.21. The average Bonchev–Trinajstić information content (AvgIpc) is 2.36. The number of aliphatic hydroxyl groups is 1. The summed E-state index contributed by atoms with van der Waals surface area (Å²) in [6.07, 6.45) is 2.38. The van der Waals surface area contributed by atoms with Crippen LogP contribution in [0.3, 0.4) is 0 Å². The first kappa shape index (κ1) is 17.9. The summed E-state index contributed by atoms with van der Waals surface area (Å²) in [6, 6.07) is 0. The summed E-state index contributed by atoms with van der Waals surface area (Å²) in [4.78, 5) is 2.39.